The van der Waals surface area contributed by atoms with Crippen molar-refractivity contribution in [3.05, 3.63) is 102 Å². The number of phenols is 1. The Labute approximate surface area is 191 Å². The van der Waals surface area contributed by atoms with Gasteiger partial charge in [0.05, 0.1) is 12.2 Å². The van der Waals surface area contributed by atoms with Crippen LogP contribution in [0.2, 0.25) is 0 Å². The number of H-pyrrole nitrogens is 1. The standard InChI is InChI=1S/C25H24N6O2/c26-13-16-6-1-2-8-18(16)24-29-15-22(30-24)25(33)31-21(19-9-3-4-10-23(19)32)12-20(27)17-7-5-11-28-14-17/h1-11,14-15,21,27,32H,12-13,26H2,(H,29,30)(H,31,33). The number of aromatic hydroxyl groups is 1. The van der Waals surface area contributed by atoms with Crippen molar-refractivity contribution in [1.82, 2.24) is 20.3 Å². The highest BCUT2D eigenvalue weighted by Gasteiger charge is 2.22. The molecule has 2 heterocycles. The Balaban J connectivity index is 1.59. The Hall–Kier alpha value is -4.30. The Kier molecular flexibility index (Phi) is 6.56. The largest absolute Gasteiger partial charge is 0.508 e. The van der Waals surface area contributed by atoms with Crippen LogP contribution in [0.5, 0.6) is 5.75 Å². The molecule has 2 aromatic heterocycles. The van der Waals surface area contributed by atoms with Crippen molar-refractivity contribution in [2.75, 3.05) is 0 Å². The number of nitrogens with one attached hydrogen (secondary N) is 3. The van der Waals surface area contributed by atoms with E-state index in [0.717, 1.165) is 11.1 Å². The van der Waals surface area contributed by atoms with Gasteiger partial charge in [-0.3, -0.25) is 9.78 Å². The van der Waals surface area contributed by atoms with Crippen LogP contribution in [0.3, 0.4) is 0 Å². The smallest absolute Gasteiger partial charge is 0.269 e. The molecule has 0 aliphatic heterocycles. The summed E-state index contributed by atoms with van der Waals surface area (Å²) in [4.78, 5) is 24.5. The van der Waals surface area contributed by atoms with Gasteiger partial charge in [-0.2, -0.15) is 0 Å². The summed E-state index contributed by atoms with van der Waals surface area (Å²) in [6.45, 7) is 0.351. The van der Waals surface area contributed by atoms with Gasteiger partial charge in [-0.15, -0.1) is 0 Å². The summed E-state index contributed by atoms with van der Waals surface area (Å²) < 4.78 is 0. The van der Waals surface area contributed by atoms with Gasteiger partial charge in [-0.05, 0) is 17.7 Å². The van der Waals surface area contributed by atoms with Gasteiger partial charge in [-0.25, -0.2) is 4.98 Å². The van der Waals surface area contributed by atoms with Crippen molar-refractivity contribution in [3.8, 4) is 17.1 Å². The monoisotopic (exact) mass is 440 g/mol. The highest BCUT2D eigenvalue weighted by molar-refractivity contribution is 5.99. The summed E-state index contributed by atoms with van der Waals surface area (Å²) in [5.41, 5.74) is 9.29. The van der Waals surface area contributed by atoms with E-state index >= 15 is 0 Å². The van der Waals surface area contributed by atoms with E-state index in [1.165, 1.54) is 6.20 Å². The third kappa shape index (κ3) is 4.97. The van der Waals surface area contributed by atoms with Gasteiger partial charge >= 0.3 is 0 Å². The average molecular weight is 441 g/mol. The van der Waals surface area contributed by atoms with Crippen LogP contribution in [0.25, 0.3) is 11.4 Å². The van der Waals surface area contributed by atoms with E-state index in [4.69, 9.17) is 11.1 Å². The Morgan fingerprint density at radius 1 is 1.09 bits per heavy atom. The number of imidazole rings is 1. The predicted molar refractivity (Wildman–Crippen MR) is 126 cm³/mol. The zero-order chi connectivity index (χ0) is 23.2. The van der Waals surface area contributed by atoms with E-state index in [2.05, 4.69) is 20.3 Å². The number of nitrogens with two attached hydrogens (primary N) is 1. The minimum absolute atomic E-state index is 0.0453. The molecular formula is C25H24N6O2. The highest BCUT2D eigenvalue weighted by Crippen LogP contribution is 2.28. The molecule has 0 fully saturated rings. The van der Waals surface area contributed by atoms with E-state index in [9.17, 15) is 9.90 Å². The molecule has 0 aliphatic carbocycles. The Bertz CT molecular complexity index is 1270. The van der Waals surface area contributed by atoms with Crippen LogP contribution < -0.4 is 11.1 Å². The lowest BCUT2D eigenvalue weighted by molar-refractivity contribution is 0.0933. The molecule has 1 amide bonds. The van der Waals surface area contributed by atoms with Crippen LogP contribution in [0.4, 0.5) is 0 Å². The summed E-state index contributed by atoms with van der Waals surface area (Å²) in [5.74, 6) is 0.193. The number of hydrogen-bond donors (Lipinski definition) is 5. The summed E-state index contributed by atoms with van der Waals surface area (Å²) >= 11 is 0. The molecule has 1 atom stereocenters. The first kappa shape index (κ1) is 21.9. The molecule has 0 radical (unpaired) electrons. The lowest BCUT2D eigenvalue weighted by Crippen LogP contribution is -2.30. The van der Waals surface area contributed by atoms with Crippen LogP contribution in [0, 0.1) is 5.41 Å². The van der Waals surface area contributed by atoms with E-state index in [0.29, 0.717) is 29.2 Å². The van der Waals surface area contributed by atoms with Crippen molar-refractivity contribution < 1.29 is 9.90 Å². The minimum Gasteiger partial charge on any atom is -0.508 e. The van der Waals surface area contributed by atoms with Gasteiger partial charge in [0.15, 0.2) is 0 Å². The van der Waals surface area contributed by atoms with Crippen LogP contribution in [0.15, 0.2) is 79.3 Å². The normalized spacial score (nSPS) is 11.7. The van der Waals surface area contributed by atoms with Crippen molar-refractivity contribution in [1.29, 1.82) is 5.41 Å². The SMILES string of the molecule is N=C(CC(NC(=O)c1cnc(-c2ccccc2CN)[nH]1)c1ccccc1O)c1cccnc1. The molecule has 33 heavy (non-hydrogen) atoms. The number of aromatic amines is 1. The molecule has 1 unspecified atom stereocenters. The maximum absolute atomic E-state index is 13.1. The van der Waals surface area contributed by atoms with Gasteiger partial charge in [0.25, 0.3) is 5.91 Å². The first-order valence-electron chi connectivity index (χ1n) is 10.5. The van der Waals surface area contributed by atoms with E-state index in [-0.39, 0.29) is 17.9 Å². The topological polar surface area (TPSA) is 141 Å². The molecule has 8 nitrogen and oxygen atoms in total. The summed E-state index contributed by atoms with van der Waals surface area (Å²) in [6.07, 6.45) is 4.87. The zero-order valence-electron chi connectivity index (χ0n) is 17.8. The molecule has 0 aliphatic rings. The molecule has 166 valence electrons. The fourth-order valence-electron chi connectivity index (χ4n) is 3.62. The molecule has 0 spiro atoms. The molecule has 0 saturated heterocycles. The molecule has 2 aromatic carbocycles. The maximum Gasteiger partial charge on any atom is 0.269 e. The minimum atomic E-state index is -0.630. The second kappa shape index (κ2) is 9.88. The summed E-state index contributed by atoms with van der Waals surface area (Å²) in [7, 11) is 0. The van der Waals surface area contributed by atoms with E-state index in [1.807, 2.05) is 24.3 Å². The number of aromatic nitrogens is 3. The number of para-hydroxylation sites is 1. The van der Waals surface area contributed by atoms with Crippen molar-refractivity contribution in [2.45, 2.75) is 19.0 Å². The summed E-state index contributed by atoms with van der Waals surface area (Å²) in [5, 5.41) is 21.8. The first-order valence-corrected chi connectivity index (χ1v) is 10.5. The molecule has 4 rings (SSSR count). The predicted octanol–water partition coefficient (Wildman–Crippen LogP) is 3.57. The fraction of sp³-hybridized carbons (Fsp3) is 0.120. The van der Waals surface area contributed by atoms with Crippen LogP contribution in [0.1, 0.15) is 39.6 Å². The quantitative estimate of drug-likeness (QED) is 0.266. The number of carbonyl (C=O) groups excluding carboxylic acids is 1. The van der Waals surface area contributed by atoms with Crippen LogP contribution in [-0.4, -0.2) is 31.7 Å². The van der Waals surface area contributed by atoms with Crippen molar-refractivity contribution >= 4 is 11.6 Å². The van der Waals surface area contributed by atoms with Crippen molar-refractivity contribution in [3.63, 3.8) is 0 Å². The average Bonchev–Trinajstić information content (AvgIpc) is 3.35. The number of pyridine rings is 1. The molecule has 4 aromatic rings. The third-order valence-corrected chi connectivity index (χ3v) is 5.35. The molecule has 0 saturated carbocycles. The first-order chi connectivity index (χ1) is 16.1. The second-order valence-electron chi connectivity index (χ2n) is 7.52. The number of carbonyl (C=O) groups is 1. The molecular weight excluding hydrogens is 416 g/mol. The number of benzene rings is 2. The highest BCUT2D eigenvalue weighted by atomic mass is 16.3. The second-order valence-corrected chi connectivity index (χ2v) is 7.52. The number of nitrogens with zero attached hydrogens (tertiary/aromatic N) is 2. The van der Waals surface area contributed by atoms with Gasteiger partial charge in [0.2, 0.25) is 0 Å². The molecule has 6 N–H and O–H groups in total. The molecule has 0 bridgehead atoms. The fourth-order valence-corrected chi connectivity index (χ4v) is 3.62. The van der Waals surface area contributed by atoms with Crippen molar-refractivity contribution in [2.24, 2.45) is 5.73 Å². The molecule has 8 heteroatoms. The number of phenolic OH excluding ortho intramolecular Hbond substituents is 1. The van der Waals surface area contributed by atoms with Crippen LogP contribution in [-0.2, 0) is 6.54 Å². The number of rotatable bonds is 8. The van der Waals surface area contributed by atoms with Gasteiger partial charge in [0.1, 0.15) is 17.3 Å². The number of hydrogen-bond acceptors (Lipinski definition) is 6. The van der Waals surface area contributed by atoms with E-state index < -0.39 is 11.9 Å². The van der Waals surface area contributed by atoms with E-state index in [1.54, 1.807) is 48.8 Å². The number of amides is 1. The lowest BCUT2D eigenvalue weighted by Gasteiger charge is -2.20. The zero-order valence-corrected chi connectivity index (χ0v) is 17.8. The Morgan fingerprint density at radius 2 is 1.88 bits per heavy atom. The summed E-state index contributed by atoms with van der Waals surface area (Å²) in [6, 6.07) is 17.3. The Morgan fingerprint density at radius 3 is 2.64 bits per heavy atom. The lowest BCUT2D eigenvalue weighted by atomic mass is 9.97. The third-order valence-electron chi connectivity index (χ3n) is 5.35. The van der Waals surface area contributed by atoms with Crippen LogP contribution >= 0.6 is 0 Å². The van der Waals surface area contributed by atoms with Gasteiger partial charge in [0, 0.05) is 47.8 Å². The van der Waals surface area contributed by atoms with Gasteiger partial charge < -0.3 is 26.6 Å². The van der Waals surface area contributed by atoms with Gasteiger partial charge in [-0.1, -0.05) is 48.5 Å². The maximum atomic E-state index is 13.1.